The van der Waals surface area contributed by atoms with Crippen LogP contribution in [0.4, 0.5) is 5.69 Å². The minimum Gasteiger partial charge on any atom is -0.375 e. The number of carbonyl (C=O) groups excluding carboxylic acids is 1. The number of amides is 1. The van der Waals surface area contributed by atoms with E-state index < -0.39 is 0 Å². The zero-order valence-corrected chi connectivity index (χ0v) is 15.1. The normalized spacial score (nSPS) is 15.7. The van der Waals surface area contributed by atoms with Gasteiger partial charge in [-0.1, -0.05) is 0 Å². The number of pyridine rings is 1. The molecule has 0 unspecified atom stereocenters. The molecule has 0 aliphatic carbocycles. The smallest absolute Gasteiger partial charge is 0.246 e. The monoisotopic (exact) mass is 339 g/mol. The van der Waals surface area contributed by atoms with Crippen LogP contribution in [0.2, 0.25) is 0 Å². The molecule has 1 fully saturated rings. The van der Waals surface area contributed by atoms with E-state index in [0.717, 1.165) is 42.7 Å². The number of carbonyl (C=O) groups is 1. The predicted octanol–water partition coefficient (Wildman–Crippen LogP) is 2.53. The maximum Gasteiger partial charge on any atom is 0.246 e. The minimum absolute atomic E-state index is 0.0643. The maximum absolute atomic E-state index is 12.4. The van der Waals surface area contributed by atoms with Crippen molar-refractivity contribution in [2.24, 2.45) is 0 Å². The van der Waals surface area contributed by atoms with E-state index in [1.807, 2.05) is 53.8 Å². The second-order valence-corrected chi connectivity index (χ2v) is 6.76. The molecule has 0 radical (unpaired) electrons. The van der Waals surface area contributed by atoms with Crippen molar-refractivity contribution in [3.05, 3.63) is 48.1 Å². The summed E-state index contributed by atoms with van der Waals surface area (Å²) < 4.78 is 2.03. The summed E-state index contributed by atoms with van der Waals surface area (Å²) in [5.41, 5.74) is 3.15. The van der Waals surface area contributed by atoms with Crippen LogP contribution in [-0.4, -0.2) is 52.8 Å². The minimum atomic E-state index is 0.0643. The van der Waals surface area contributed by atoms with Crippen LogP contribution in [0.25, 0.3) is 6.08 Å². The summed E-state index contributed by atoms with van der Waals surface area (Å²) in [6, 6.07) is 2.38. The Hall–Kier alpha value is -2.63. The number of nitrogens with zero attached hydrogens (tertiary/aromatic N) is 5. The van der Waals surface area contributed by atoms with E-state index in [2.05, 4.69) is 16.3 Å². The van der Waals surface area contributed by atoms with E-state index in [1.54, 1.807) is 18.5 Å². The number of anilines is 1. The molecule has 0 aromatic carbocycles. The molecule has 2 aromatic heterocycles. The molecule has 1 amide bonds. The summed E-state index contributed by atoms with van der Waals surface area (Å²) in [4.78, 5) is 20.5. The van der Waals surface area contributed by atoms with E-state index in [4.69, 9.17) is 0 Å². The lowest BCUT2D eigenvalue weighted by Gasteiger charge is -2.31. The van der Waals surface area contributed by atoms with Crippen LogP contribution in [0.1, 0.15) is 30.0 Å². The first-order valence-corrected chi connectivity index (χ1v) is 8.63. The van der Waals surface area contributed by atoms with Gasteiger partial charge in [0.2, 0.25) is 5.91 Å². The fraction of sp³-hybridized carbons (Fsp3) is 0.421. The molecular weight excluding hydrogens is 314 g/mol. The molecule has 0 saturated carbocycles. The van der Waals surface area contributed by atoms with E-state index in [0.29, 0.717) is 6.04 Å². The van der Waals surface area contributed by atoms with Crippen LogP contribution in [0.15, 0.2) is 36.9 Å². The largest absolute Gasteiger partial charge is 0.375 e. The SMILES string of the molecule is Cc1cncc(C=CC(=O)N2CCC(n3cc(N(C)C)cn3)CC2)c1. The standard InChI is InChI=1S/C19H25N5O/c1-15-10-16(12-20-11-15)4-5-19(25)23-8-6-17(7-9-23)24-14-18(13-21-24)22(2)3/h4-5,10-14,17H,6-9H2,1-3H3. The Labute approximate surface area is 148 Å². The highest BCUT2D eigenvalue weighted by Crippen LogP contribution is 2.24. The number of hydrogen-bond acceptors (Lipinski definition) is 4. The number of aryl methyl sites for hydroxylation is 1. The molecule has 25 heavy (non-hydrogen) atoms. The molecule has 1 saturated heterocycles. The fourth-order valence-electron chi connectivity index (χ4n) is 3.05. The predicted molar refractivity (Wildman–Crippen MR) is 99.4 cm³/mol. The van der Waals surface area contributed by atoms with E-state index in [1.165, 1.54) is 0 Å². The van der Waals surface area contributed by atoms with Crippen LogP contribution in [-0.2, 0) is 4.79 Å². The van der Waals surface area contributed by atoms with Crippen molar-refractivity contribution in [1.29, 1.82) is 0 Å². The van der Waals surface area contributed by atoms with Crippen molar-refractivity contribution < 1.29 is 4.79 Å². The first kappa shape index (κ1) is 17.2. The highest BCUT2D eigenvalue weighted by atomic mass is 16.2. The number of likely N-dealkylation sites (tertiary alicyclic amines) is 1. The Bertz CT molecular complexity index is 757. The lowest BCUT2D eigenvalue weighted by Crippen LogP contribution is -2.38. The third-order valence-corrected chi connectivity index (χ3v) is 4.57. The second-order valence-electron chi connectivity index (χ2n) is 6.76. The van der Waals surface area contributed by atoms with Gasteiger partial charge in [-0.3, -0.25) is 14.5 Å². The molecular formula is C19H25N5O. The maximum atomic E-state index is 12.4. The summed E-state index contributed by atoms with van der Waals surface area (Å²) >= 11 is 0. The quantitative estimate of drug-likeness (QED) is 0.803. The van der Waals surface area contributed by atoms with Gasteiger partial charge in [-0.2, -0.15) is 5.10 Å². The third-order valence-electron chi connectivity index (χ3n) is 4.57. The molecule has 6 nitrogen and oxygen atoms in total. The Morgan fingerprint density at radius 3 is 2.64 bits per heavy atom. The molecule has 1 aliphatic heterocycles. The van der Waals surface area contributed by atoms with Crippen molar-refractivity contribution in [3.8, 4) is 0 Å². The topological polar surface area (TPSA) is 54.3 Å². The Balaban J connectivity index is 1.55. The van der Waals surface area contributed by atoms with Gasteiger partial charge in [0.15, 0.2) is 0 Å². The number of hydrogen-bond donors (Lipinski definition) is 0. The zero-order chi connectivity index (χ0) is 17.8. The number of piperidine rings is 1. The van der Waals surface area contributed by atoms with Crippen LogP contribution in [0, 0.1) is 6.92 Å². The first-order chi connectivity index (χ1) is 12.0. The lowest BCUT2D eigenvalue weighted by molar-refractivity contribution is -0.127. The van der Waals surface area contributed by atoms with E-state index in [-0.39, 0.29) is 5.91 Å². The van der Waals surface area contributed by atoms with Crippen LogP contribution >= 0.6 is 0 Å². The molecule has 0 N–H and O–H groups in total. The summed E-state index contributed by atoms with van der Waals surface area (Å²) in [5.74, 6) is 0.0643. The molecule has 132 valence electrons. The van der Waals surface area contributed by atoms with Crippen LogP contribution in [0.3, 0.4) is 0 Å². The van der Waals surface area contributed by atoms with Crippen molar-refractivity contribution >= 4 is 17.7 Å². The molecule has 3 rings (SSSR count). The van der Waals surface area contributed by atoms with Crippen molar-refractivity contribution in [3.63, 3.8) is 0 Å². The summed E-state index contributed by atoms with van der Waals surface area (Å²) in [5, 5.41) is 4.47. The lowest BCUT2D eigenvalue weighted by atomic mass is 10.1. The summed E-state index contributed by atoms with van der Waals surface area (Å²) in [6.07, 6.45) is 12.9. The molecule has 0 bridgehead atoms. The zero-order valence-electron chi connectivity index (χ0n) is 15.1. The Kier molecular flexibility index (Phi) is 5.16. The molecule has 0 atom stereocenters. The van der Waals surface area contributed by atoms with Gasteiger partial charge in [0.25, 0.3) is 0 Å². The highest BCUT2D eigenvalue weighted by Gasteiger charge is 2.23. The van der Waals surface area contributed by atoms with Gasteiger partial charge in [0.05, 0.1) is 17.9 Å². The highest BCUT2D eigenvalue weighted by molar-refractivity contribution is 5.91. The van der Waals surface area contributed by atoms with E-state index in [9.17, 15) is 4.79 Å². The van der Waals surface area contributed by atoms with Crippen molar-refractivity contribution in [2.45, 2.75) is 25.8 Å². The van der Waals surface area contributed by atoms with Gasteiger partial charge in [-0.05, 0) is 43.0 Å². The van der Waals surface area contributed by atoms with Crippen LogP contribution < -0.4 is 4.90 Å². The summed E-state index contributed by atoms with van der Waals surface area (Å²) in [6.45, 7) is 3.52. The average Bonchev–Trinajstić information content (AvgIpc) is 3.10. The van der Waals surface area contributed by atoms with Gasteiger partial charge in [-0.25, -0.2) is 0 Å². The first-order valence-electron chi connectivity index (χ1n) is 8.63. The van der Waals surface area contributed by atoms with Gasteiger partial charge >= 0.3 is 0 Å². The molecule has 1 aliphatic rings. The molecule has 3 heterocycles. The average molecular weight is 339 g/mol. The fourth-order valence-corrected chi connectivity index (χ4v) is 3.05. The van der Waals surface area contributed by atoms with Gasteiger partial charge in [0.1, 0.15) is 0 Å². The Morgan fingerprint density at radius 2 is 2.00 bits per heavy atom. The van der Waals surface area contributed by atoms with E-state index >= 15 is 0 Å². The Morgan fingerprint density at radius 1 is 1.24 bits per heavy atom. The molecule has 2 aromatic rings. The van der Waals surface area contributed by atoms with Gasteiger partial charge < -0.3 is 9.80 Å². The van der Waals surface area contributed by atoms with Gasteiger partial charge in [0, 0.05) is 51.9 Å². The summed E-state index contributed by atoms with van der Waals surface area (Å²) in [7, 11) is 4.03. The van der Waals surface area contributed by atoms with Crippen molar-refractivity contribution in [2.75, 3.05) is 32.1 Å². The number of aromatic nitrogens is 3. The molecule has 0 spiro atoms. The third kappa shape index (κ3) is 4.26. The van der Waals surface area contributed by atoms with Crippen LogP contribution in [0.5, 0.6) is 0 Å². The van der Waals surface area contributed by atoms with Crippen molar-refractivity contribution in [1.82, 2.24) is 19.7 Å². The van der Waals surface area contributed by atoms with Gasteiger partial charge in [-0.15, -0.1) is 0 Å². The molecule has 6 heteroatoms. The number of rotatable bonds is 4. The second kappa shape index (κ2) is 7.51.